The highest BCUT2D eigenvalue weighted by Crippen LogP contribution is 2.35. The third kappa shape index (κ3) is 5.29. The molecule has 1 saturated carbocycles. The molecule has 1 aliphatic carbocycles. The van der Waals surface area contributed by atoms with Crippen LogP contribution in [0.25, 0.3) is 21.9 Å². The van der Waals surface area contributed by atoms with Crippen LogP contribution in [0.4, 0.5) is 8.78 Å². The van der Waals surface area contributed by atoms with Gasteiger partial charge in [-0.1, -0.05) is 99.9 Å². The molecule has 0 atom stereocenters. The highest BCUT2D eigenvalue weighted by Gasteiger charge is 2.20. The van der Waals surface area contributed by atoms with Crippen LogP contribution in [0.2, 0.25) is 5.02 Å². The average Bonchev–Trinajstić information content (AvgIpc) is 2.79. The molecular formula is C28H31ClF2. The molecule has 0 unspecified atom stereocenters. The summed E-state index contributed by atoms with van der Waals surface area (Å²) < 4.78 is 29.0. The standard InChI is InChI=1S/C28H31ClF2/c1-2-3-4-19-5-7-20(8-6-19)9-10-21-11-14-24-22(17-21)12-15-25(28(24)31)23-13-16-26(29)27(30)18-23/h11-20H,2-10H2,1H3. The molecular weight excluding hydrogens is 410 g/mol. The number of unbranched alkanes of at least 4 members (excludes halogenated alkanes) is 1. The van der Waals surface area contributed by atoms with Crippen LogP contribution in [0, 0.1) is 23.5 Å². The lowest BCUT2D eigenvalue weighted by atomic mass is 9.78. The van der Waals surface area contributed by atoms with Gasteiger partial charge in [0.05, 0.1) is 5.02 Å². The summed E-state index contributed by atoms with van der Waals surface area (Å²) in [5.41, 5.74) is 2.17. The van der Waals surface area contributed by atoms with Crippen LogP contribution in [-0.2, 0) is 6.42 Å². The lowest BCUT2D eigenvalue weighted by Gasteiger charge is -2.28. The van der Waals surface area contributed by atoms with E-state index in [2.05, 4.69) is 13.0 Å². The minimum Gasteiger partial charge on any atom is -0.206 e. The van der Waals surface area contributed by atoms with Gasteiger partial charge >= 0.3 is 0 Å². The van der Waals surface area contributed by atoms with Gasteiger partial charge in [0, 0.05) is 10.9 Å². The zero-order valence-electron chi connectivity index (χ0n) is 18.3. The number of hydrogen-bond donors (Lipinski definition) is 0. The first kappa shape index (κ1) is 22.3. The quantitative estimate of drug-likeness (QED) is 0.343. The smallest absolute Gasteiger partial charge is 0.142 e. The van der Waals surface area contributed by atoms with Crippen molar-refractivity contribution in [3.63, 3.8) is 0 Å². The van der Waals surface area contributed by atoms with Crippen LogP contribution in [0.3, 0.4) is 0 Å². The lowest BCUT2D eigenvalue weighted by molar-refractivity contribution is 0.250. The molecule has 0 nitrogen and oxygen atoms in total. The van der Waals surface area contributed by atoms with Crippen molar-refractivity contribution in [2.75, 3.05) is 0 Å². The fraction of sp³-hybridized carbons (Fsp3) is 0.429. The summed E-state index contributed by atoms with van der Waals surface area (Å²) in [4.78, 5) is 0. The Bertz CT molecular complexity index is 1030. The first-order chi connectivity index (χ1) is 15.0. The zero-order chi connectivity index (χ0) is 21.8. The molecule has 0 aliphatic heterocycles. The van der Waals surface area contributed by atoms with Crippen molar-refractivity contribution in [2.45, 2.75) is 64.7 Å². The van der Waals surface area contributed by atoms with Crippen molar-refractivity contribution in [2.24, 2.45) is 11.8 Å². The van der Waals surface area contributed by atoms with Crippen molar-refractivity contribution in [3.8, 4) is 11.1 Å². The highest BCUT2D eigenvalue weighted by atomic mass is 35.5. The summed E-state index contributed by atoms with van der Waals surface area (Å²) in [7, 11) is 0. The molecule has 4 rings (SSSR count). The number of fused-ring (bicyclic) bond motifs is 1. The largest absolute Gasteiger partial charge is 0.206 e. The zero-order valence-corrected chi connectivity index (χ0v) is 19.0. The van der Waals surface area contributed by atoms with E-state index in [9.17, 15) is 4.39 Å². The van der Waals surface area contributed by atoms with Gasteiger partial charge in [0.2, 0.25) is 0 Å². The second-order valence-corrected chi connectivity index (χ2v) is 9.59. The van der Waals surface area contributed by atoms with E-state index in [0.717, 1.165) is 23.6 Å². The van der Waals surface area contributed by atoms with Crippen molar-refractivity contribution >= 4 is 22.4 Å². The summed E-state index contributed by atoms with van der Waals surface area (Å²) in [6.07, 6.45) is 11.9. The molecule has 0 spiro atoms. The van der Waals surface area contributed by atoms with Gasteiger partial charge in [0.25, 0.3) is 0 Å². The van der Waals surface area contributed by atoms with E-state index in [1.54, 1.807) is 12.1 Å². The summed E-state index contributed by atoms with van der Waals surface area (Å²) in [5, 5.41) is 1.52. The lowest BCUT2D eigenvalue weighted by Crippen LogP contribution is -2.15. The van der Waals surface area contributed by atoms with Gasteiger partial charge in [0.15, 0.2) is 0 Å². The molecule has 0 heterocycles. The maximum Gasteiger partial charge on any atom is 0.142 e. The fourth-order valence-corrected chi connectivity index (χ4v) is 5.17. The fourth-order valence-electron chi connectivity index (χ4n) is 5.06. The van der Waals surface area contributed by atoms with E-state index in [4.69, 9.17) is 11.6 Å². The van der Waals surface area contributed by atoms with E-state index in [0.29, 0.717) is 16.5 Å². The molecule has 3 aromatic carbocycles. The highest BCUT2D eigenvalue weighted by molar-refractivity contribution is 6.30. The second-order valence-electron chi connectivity index (χ2n) is 9.18. The SMILES string of the molecule is CCCCC1CCC(CCc2ccc3c(F)c(-c4ccc(Cl)c(F)c4)ccc3c2)CC1. The van der Waals surface area contributed by atoms with E-state index in [1.165, 1.54) is 69.1 Å². The predicted molar refractivity (Wildman–Crippen MR) is 128 cm³/mol. The maximum absolute atomic E-state index is 15.2. The Labute approximate surface area is 189 Å². The van der Waals surface area contributed by atoms with E-state index in [-0.39, 0.29) is 10.8 Å². The van der Waals surface area contributed by atoms with Crippen molar-refractivity contribution in [1.82, 2.24) is 0 Å². The summed E-state index contributed by atoms with van der Waals surface area (Å²) in [6, 6.07) is 14.1. The van der Waals surface area contributed by atoms with Gasteiger partial charge in [-0.05, 0) is 53.3 Å². The van der Waals surface area contributed by atoms with Gasteiger partial charge in [-0.15, -0.1) is 0 Å². The molecule has 1 fully saturated rings. The third-order valence-electron chi connectivity index (χ3n) is 7.02. The Balaban J connectivity index is 1.42. The molecule has 1 aliphatic rings. The Morgan fingerprint density at radius 2 is 1.61 bits per heavy atom. The van der Waals surface area contributed by atoms with Crippen LogP contribution >= 0.6 is 11.6 Å². The summed E-state index contributed by atoms with van der Waals surface area (Å²) in [6.45, 7) is 2.28. The monoisotopic (exact) mass is 440 g/mol. The van der Waals surface area contributed by atoms with Gasteiger partial charge in [-0.3, -0.25) is 0 Å². The normalized spacial score (nSPS) is 19.1. The molecule has 31 heavy (non-hydrogen) atoms. The second kappa shape index (κ2) is 10.1. The van der Waals surface area contributed by atoms with Crippen LogP contribution in [0.1, 0.15) is 63.9 Å². The molecule has 0 saturated heterocycles. The Kier molecular flexibility index (Phi) is 7.27. The Morgan fingerprint density at radius 3 is 2.32 bits per heavy atom. The maximum atomic E-state index is 15.2. The number of halogens is 3. The topological polar surface area (TPSA) is 0 Å². The number of hydrogen-bond acceptors (Lipinski definition) is 0. The van der Waals surface area contributed by atoms with Gasteiger partial charge in [0.1, 0.15) is 11.6 Å². The number of rotatable bonds is 7. The molecule has 164 valence electrons. The Morgan fingerprint density at radius 1 is 0.871 bits per heavy atom. The molecule has 3 aromatic rings. The third-order valence-corrected chi connectivity index (χ3v) is 7.33. The van der Waals surface area contributed by atoms with Crippen LogP contribution in [-0.4, -0.2) is 0 Å². The van der Waals surface area contributed by atoms with E-state index >= 15 is 4.39 Å². The predicted octanol–water partition coefficient (Wildman–Crippen LogP) is 9.37. The van der Waals surface area contributed by atoms with Crippen LogP contribution in [0.15, 0.2) is 48.5 Å². The van der Waals surface area contributed by atoms with Gasteiger partial charge in [-0.25, -0.2) is 8.78 Å². The molecule has 0 amide bonds. The number of benzene rings is 3. The average molecular weight is 441 g/mol. The van der Waals surface area contributed by atoms with E-state index < -0.39 is 5.82 Å². The number of aryl methyl sites for hydroxylation is 1. The summed E-state index contributed by atoms with van der Waals surface area (Å²) in [5.74, 6) is 0.931. The molecule has 3 heteroatoms. The molecule has 0 aromatic heterocycles. The first-order valence-electron chi connectivity index (χ1n) is 11.7. The Hall–Kier alpha value is -1.93. The molecule has 0 radical (unpaired) electrons. The van der Waals surface area contributed by atoms with Gasteiger partial charge in [-0.2, -0.15) is 0 Å². The van der Waals surface area contributed by atoms with Crippen molar-refractivity contribution in [3.05, 3.63) is 70.8 Å². The minimum absolute atomic E-state index is 0.0454. The minimum atomic E-state index is -0.534. The summed E-state index contributed by atoms with van der Waals surface area (Å²) >= 11 is 5.76. The van der Waals surface area contributed by atoms with Crippen molar-refractivity contribution in [1.29, 1.82) is 0 Å². The van der Waals surface area contributed by atoms with Crippen LogP contribution in [0.5, 0.6) is 0 Å². The first-order valence-corrected chi connectivity index (χ1v) is 12.1. The van der Waals surface area contributed by atoms with Crippen molar-refractivity contribution < 1.29 is 8.78 Å². The van der Waals surface area contributed by atoms with Gasteiger partial charge < -0.3 is 0 Å². The van der Waals surface area contributed by atoms with Crippen LogP contribution < -0.4 is 0 Å². The molecule has 0 bridgehead atoms. The van der Waals surface area contributed by atoms with E-state index in [1.807, 2.05) is 18.2 Å². The molecule has 0 N–H and O–H groups in total.